The lowest BCUT2D eigenvalue weighted by Crippen LogP contribution is -2.39. The zero-order chi connectivity index (χ0) is 19.4. The Morgan fingerprint density at radius 1 is 1.11 bits per heavy atom. The van der Waals surface area contributed by atoms with Gasteiger partial charge >= 0.3 is 0 Å². The molecule has 2 aromatic rings. The van der Waals surface area contributed by atoms with Crippen LogP contribution in [0.3, 0.4) is 0 Å². The van der Waals surface area contributed by atoms with E-state index in [9.17, 15) is 13.2 Å². The minimum Gasteiger partial charge on any atom is -0.349 e. The summed E-state index contributed by atoms with van der Waals surface area (Å²) in [5, 5.41) is 3.02. The summed E-state index contributed by atoms with van der Waals surface area (Å²) in [6.07, 6.45) is 3.03. The first kappa shape index (κ1) is 19.4. The smallest absolute Gasteiger partial charge is 0.264 e. The Morgan fingerprint density at radius 2 is 1.78 bits per heavy atom. The van der Waals surface area contributed by atoms with Crippen LogP contribution in [0.25, 0.3) is 0 Å². The van der Waals surface area contributed by atoms with Gasteiger partial charge < -0.3 is 11.1 Å². The molecule has 2 atom stereocenters. The van der Waals surface area contributed by atoms with E-state index < -0.39 is 10.0 Å². The fraction of sp³-hybridized carbons (Fsp3) is 0.350. The summed E-state index contributed by atoms with van der Waals surface area (Å²) in [7, 11) is -2.17. The van der Waals surface area contributed by atoms with E-state index in [0.29, 0.717) is 23.7 Å². The molecule has 6 nitrogen and oxygen atoms in total. The van der Waals surface area contributed by atoms with Crippen molar-refractivity contribution in [3.8, 4) is 0 Å². The van der Waals surface area contributed by atoms with Gasteiger partial charge in [0, 0.05) is 18.7 Å². The normalized spacial score (nSPS) is 19.6. The maximum Gasteiger partial charge on any atom is 0.264 e. The molecule has 27 heavy (non-hydrogen) atoms. The van der Waals surface area contributed by atoms with E-state index in [-0.39, 0.29) is 16.8 Å². The van der Waals surface area contributed by atoms with Crippen LogP contribution < -0.4 is 15.4 Å². The molecule has 0 heterocycles. The molecule has 1 aliphatic carbocycles. The number of benzene rings is 2. The van der Waals surface area contributed by atoms with Gasteiger partial charge in [-0.3, -0.25) is 9.10 Å². The van der Waals surface area contributed by atoms with E-state index in [2.05, 4.69) is 5.32 Å². The second-order valence-corrected chi connectivity index (χ2v) is 8.81. The number of sulfonamides is 1. The number of carbonyl (C=O) groups excluding carboxylic acids is 1. The molecule has 0 radical (unpaired) electrons. The molecule has 1 amide bonds. The topological polar surface area (TPSA) is 92.5 Å². The fourth-order valence-electron chi connectivity index (χ4n) is 3.47. The summed E-state index contributed by atoms with van der Waals surface area (Å²) >= 11 is 0. The Balaban J connectivity index is 1.73. The number of amides is 1. The molecule has 2 unspecified atom stereocenters. The second kappa shape index (κ2) is 8.10. The largest absolute Gasteiger partial charge is 0.349 e. The molecule has 3 N–H and O–H groups in total. The van der Waals surface area contributed by atoms with Gasteiger partial charge in [-0.15, -0.1) is 0 Å². The summed E-state index contributed by atoms with van der Waals surface area (Å²) in [5.74, 6) is 0.119. The Morgan fingerprint density at radius 3 is 2.41 bits per heavy atom. The highest BCUT2D eigenvalue weighted by Gasteiger charge is 2.28. The van der Waals surface area contributed by atoms with Crippen molar-refractivity contribution in [1.82, 2.24) is 5.32 Å². The van der Waals surface area contributed by atoms with Crippen LogP contribution in [0, 0.1) is 5.92 Å². The predicted molar refractivity (Wildman–Crippen MR) is 106 cm³/mol. The van der Waals surface area contributed by atoms with Crippen LogP contribution in [-0.4, -0.2) is 34.0 Å². The Hall–Kier alpha value is -2.38. The van der Waals surface area contributed by atoms with E-state index in [4.69, 9.17) is 5.73 Å². The van der Waals surface area contributed by atoms with E-state index in [1.807, 2.05) is 6.07 Å². The molecule has 144 valence electrons. The fourth-order valence-corrected chi connectivity index (χ4v) is 4.67. The van der Waals surface area contributed by atoms with Crippen LogP contribution in [0.5, 0.6) is 0 Å². The minimum absolute atomic E-state index is 0.0927. The van der Waals surface area contributed by atoms with E-state index >= 15 is 0 Å². The van der Waals surface area contributed by atoms with Crippen LogP contribution in [0.4, 0.5) is 5.69 Å². The third kappa shape index (κ3) is 4.14. The first-order valence-corrected chi connectivity index (χ1v) is 10.5. The second-order valence-electron chi connectivity index (χ2n) is 6.84. The van der Waals surface area contributed by atoms with Gasteiger partial charge in [0.05, 0.1) is 10.6 Å². The molecular formula is C20H25N3O3S. The van der Waals surface area contributed by atoms with Gasteiger partial charge in [-0.25, -0.2) is 8.42 Å². The molecule has 0 saturated heterocycles. The number of para-hydroxylation sites is 1. The van der Waals surface area contributed by atoms with Gasteiger partial charge in [-0.05, 0) is 61.7 Å². The first-order valence-electron chi connectivity index (χ1n) is 9.08. The Kier molecular flexibility index (Phi) is 5.82. The Bertz CT molecular complexity index is 882. The number of hydrogen-bond acceptors (Lipinski definition) is 4. The van der Waals surface area contributed by atoms with Gasteiger partial charge in [-0.1, -0.05) is 24.6 Å². The lowest BCUT2D eigenvalue weighted by molar-refractivity contribution is 0.0928. The maximum absolute atomic E-state index is 12.8. The van der Waals surface area contributed by atoms with Crippen LogP contribution in [-0.2, 0) is 10.0 Å². The molecule has 1 aliphatic rings. The van der Waals surface area contributed by atoms with Crippen molar-refractivity contribution in [2.24, 2.45) is 11.7 Å². The van der Waals surface area contributed by atoms with Gasteiger partial charge in [0.15, 0.2) is 0 Å². The average Bonchev–Trinajstić information content (AvgIpc) is 3.15. The molecule has 0 aromatic heterocycles. The van der Waals surface area contributed by atoms with Crippen LogP contribution >= 0.6 is 0 Å². The monoisotopic (exact) mass is 387 g/mol. The van der Waals surface area contributed by atoms with Crippen LogP contribution in [0.2, 0.25) is 0 Å². The summed E-state index contributed by atoms with van der Waals surface area (Å²) in [6, 6.07) is 15.0. The van der Waals surface area contributed by atoms with Crippen LogP contribution in [0.1, 0.15) is 29.6 Å². The van der Waals surface area contributed by atoms with Crippen LogP contribution in [0.15, 0.2) is 59.5 Å². The highest BCUT2D eigenvalue weighted by atomic mass is 32.2. The van der Waals surface area contributed by atoms with Crippen molar-refractivity contribution in [3.05, 3.63) is 60.2 Å². The molecule has 0 aliphatic heterocycles. The van der Waals surface area contributed by atoms with E-state index in [1.165, 1.54) is 23.5 Å². The summed E-state index contributed by atoms with van der Waals surface area (Å²) in [6.45, 7) is 0.563. The van der Waals surface area contributed by atoms with E-state index in [0.717, 1.165) is 19.3 Å². The molecule has 7 heteroatoms. The minimum atomic E-state index is -3.68. The maximum atomic E-state index is 12.8. The zero-order valence-electron chi connectivity index (χ0n) is 15.3. The summed E-state index contributed by atoms with van der Waals surface area (Å²) < 4.78 is 26.8. The third-order valence-electron chi connectivity index (χ3n) is 5.17. The first-order chi connectivity index (χ1) is 12.9. The summed E-state index contributed by atoms with van der Waals surface area (Å²) in [5.41, 5.74) is 6.78. The quantitative estimate of drug-likeness (QED) is 0.796. The predicted octanol–water partition coefficient (Wildman–Crippen LogP) is 2.37. The highest BCUT2D eigenvalue weighted by Crippen LogP contribution is 2.25. The van der Waals surface area contributed by atoms with Crippen molar-refractivity contribution in [3.63, 3.8) is 0 Å². The van der Waals surface area contributed by atoms with Crippen molar-refractivity contribution in [2.75, 3.05) is 17.9 Å². The van der Waals surface area contributed by atoms with Gasteiger partial charge in [-0.2, -0.15) is 0 Å². The molecule has 0 bridgehead atoms. The lowest BCUT2D eigenvalue weighted by atomic mass is 10.0. The number of rotatable bonds is 6. The lowest BCUT2D eigenvalue weighted by Gasteiger charge is -2.20. The van der Waals surface area contributed by atoms with E-state index in [1.54, 1.807) is 36.4 Å². The molecule has 1 fully saturated rings. The molecular weight excluding hydrogens is 362 g/mol. The zero-order valence-corrected chi connectivity index (χ0v) is 16.2. The number of hydrogen-bond donors (Lipinski definition) is 2. The van der Waals surface area contributed by atoms with Crippen molar-refractivity contribution < 1.29 is 13.2 Å². The van der Waals surface area contributed by atoms with Gasteiger partial charge in [0.2, 0.25) is 0 Å². The number of nitrogens with one attached hydrogen (secondary N) is 1. The molecule has 1 saturated carbocycles. The summed E-state index contributed by atoms with van der Waals surface area (Å²) in [4.78, 5) is 12.6. The Labute approximate surface area is 160 Å². The number of nitrogens with zero attached hydrogens (tertiary/aromatic N) is 1. The van der Waals surface area contributed by atoms with Crippen molar-refractivity contribution >= 4 is 21.6 Å². The number of nitrogens with two attached hydrogens (primary N) is 1. The van der Waals surface area contributed by atoms with Gasteiger partial charge in [0.25, 0.3) is 15.9 Å². The van der Waals surface area contributed by atoms with Crippen molar-refractivity contribution in [1.29, 1.82) is 0 Å². The number of carbonyl (C=O) groups is 1. The molecule has 2 aromatic carbocycles. The van der Waals surface area contributed by atoms with Crippen molar-refractivity contribution in [2.45, 2.75) is 30.2 Å². The third-order valence-corrected chi connectivity index (χ3v) is 6.97. The van der Waals surface area contributed by atoms with Gasteiger partial charge in [0.1, 0.15) is 0 Å². The SMILES string of the molecule is CN(c1ccccc1)S(=O)(=O)c1ccc(C(=O)NC2CCCC2CN)cc1. The number of anilines is 1. The average molecular weight is 388 g/mol. The molecule has 3 rings (SSSR count). The standard InChI is InChI=1S/C20H25N3O3S/c1-23(17-7-3-2-4-8-17)27(25,26)18-12-10-15(11-13-18)20(24)22-19-9-5-6-16(19)14-21/h2-4,7-8,10-13,16,19H,5-6,9,14,21H2,1H3,(H,22,24). The molecule has 0 spiro atoms. The highest BCUT2D eigenvalue weighted by molar-refractivity contribution is 7.92.